The SMILES string of the molecule is O=C(O)C1CCC(OCc2ccc(Br)cn2)CC1. The molecule has 1 aliphatic rings. The Morgan fingerprint density at radius 3 is 2.67 bits per heavy atom. The molecule has 0 aromatic carbocycles. The standard InChI is InChI=1S/C13H16BrNO3/c14-10-3-4-11(15-7-10)8-18-12-5-1-9(2-6-12)13(16)17/h3-4,7,9,12H,1-2,5-6,8H2,(H,16,17). The van der Waals surface area contributed by atoms with E-state index in [9.17, 15) is 4.79 Å². The number of halogens is 1. The van der Waals surface area contributed by atoms with Crippen LogP contribution in [0.15, 0.2) is 22.8 Å². The zero-order chi connectivity index (χ0) is 13.0. The average molecular weight is 314 g/mol. The first-order valence-corrected chi connectivity index (χ1v) is 6.89. The van der Waals surface area contributed by atoms with Gasteiger partial charge >= 0.3 is 5.97 Å². The van der Waals surface area contributed by atoms with Crippen molar-refractivity contribution in [1.82, 2.24) is 4.98 Å². The van der Waals surface area contributed by atoms with Crippen molar-refractivity contribution < 1.29 is 14.6 Å². The van der Waals surface area contributed by atoms with Crippen LogP contribution in [0, 0.1) is 5.92 Å². The van der Waals surface area contributed by atoms with Crippen LogP contribution in [-0.2, 0) is 16.1 Å². The summed E-state index contributed by atoms with van der Waals surface area (Å²) in [6, 6.07) is 3.86. The van der Waals surface area contributed by atoms with Gasteiger partial charge in [0.15, 0.2) is 0 Å². The van der Waals surface area contributed by atoms with E-state index in [1.54, 1.807) is 6.20 Å². The minimum Gasteiger partial charge on any atom is -0.481 e. The van der Waals surface area contributed by atoms with Gasteiger partial charge in [0.2, 0.25) is 0 Å². The van der Waals surface area contributed by atoms with Gasteiger partial charge in [-0.2, -0.15) is 0 Å². The number of hydrogen-bond acceptors (Lipinski definition) is 3. The fourth-order valence-electron chi connectivity index (χ4n) is 2.17. The van der Waals surface area contributed by atoms with Gasteiger partial charge in [-0.25, -0.2) is 0 Å². The molecule has 1 fully saturated rings. The number of aliphatic carboxylic acids is 1. The van der Waals surface area contributed by atoms with Crippen LogP contribution in [0.25, 0.3) is 0 Å². The van der Waals surface area contributed by atoms with E-state index in [0.717, 1.165) is 23.0 Å². The van der Waals surface area contributed by atoms with Crippen molar-refractivity contribution in [3.05, 3.63) is 28.5 Å². The first-order chi connectivity index (χ1) is 8.65. The zero-order valence-corrected chi connectivity index (χ0v) is 11.6. The second-order valence-corrected chi connectivity index (χ2v) is 5.51. The molecule has 5 heteroatoms. The fourth-order valence-corrected chi connectivity index (χ4v) is 2.41. The highest BCUT2D eigenvalue weighted by Crippen LogP contribution is 2.26. The summed E-state index contributed by atoms with van der Waals surface area (Å²) in [6.07, 6.45) is 5.01. The molecule has 0 saturated heterocycles. The van der Waals surface area contributed by atoms with Crippen LogP contribution in [-0.4, -0.2) is 22.2 Å². The summed E-state index contributed by atoms with van der Waals surface area (Å²) in [5.74, 6) is -0.862. The second-order valence-electron chi connectivity index (χ2n) is 4.59. The van der Waals surface area contributed by atoms with E-state index in [1.807, 2.05) is 12.1 Å². The molecule has 0 amide bonds. The van der Waals surface area contributed by atoms with Crippen LogP contribution in [0.2, 0.25) is 0 Å². The molecule has 0 unspecified atom stereocenters. The topological polar surface area (TPSA) is 59.4 Å². The van der Waals surface area contributed by atoms with Gasteiger partial charge in [-0.3, -0.25) is 9.78 Å². The predicted octanol–water partition coefficient (Wildman–Crippen LogP) is 3.00. The Balaban J connectivity index is 1.75. The van der Waals surface area contributed by atoms with Crippen molar-refractivity contribution in [2.75, 3.05) is 0 Å². The third-order valence-electron chi connectivity index (χ3n) is 3.28. The summed E-state index contributed by atoms with van der Waals surface area (Å²) >= 11 is 3.33. The number of ether oxygens (including phenoxy) is 1. The van der Waals surface area contributed by atoms with Crippen molar-refractivity contribution in [1.29, 1.82) is 0 Å². The van der Waals surface area contributed by atoms with E-state index in [1.165, 1.54) is 0 Å². The minimum absolute atomic E-state index is 0.172. The molecule has 0 bridgehead atoms. The van der Waals surface area contributed by atoms with Crippen LogP contribution in [0.3, 0.4) is 0 Å². The fraction of sp³-hybridized carbons (Fsp3) is 0.538. The maximum Gasteiger partial charge on any atom is 0.306 e. The highest BCUT2D eigenvalue weighted by molar-refractivity contribution is 9.10. The lowest BCUT2D eigenvalue weighted by atomic mass is 9.87. The van der Waals surface area contributed by atoms with Crippen LogP contribution < -0.4 is 0 Å². The van der Waals surface area contributed by atoms with Gasteiger partial charge in [-0.15, -0.1) is 0 Å². The third-order valence-corrected chi connectivity index (χ3v) is 3.75. The van der Waals surface area contributed by atoms with Gasteiger partial charge in [0.1, 0.15) is 0 Å². The lowest BCUT2D eigenvalue weighted by Gasteiger charge is -2.26. The Morgan fingerprint density at radius 2 is 2.11 bits per heavy atom. The Kier molecular flexibility index (Phi) is 4.72. The maximum absolute atomic E-state index is 10.8. The lowest BCUT2D eigenvalue weighted by molar-refractivity contribution is -0.143. The first-order valence-electron chi connectivity index (χ1n) is 6.10. The van der Waals surface area contributed by atoms with E-state index in [2.05, 4.69) is 20.9 Å². The molecule has 1 saturated carbocycles. The number of carbonyl (C=O) groups is 1. The minimum atomic E-state index is -0.678. The molecule has 0 radical (unpaired) electrons. The molecular weight excluding hydrogens is 298 g/mol. The van der Waals surface area contributed by atoms with Gasteiger partial charge in [0.25, 0.3) is 0 Å². The van der Waals surface area contributed by atoms with Crippen LogP contribution in [0.4, 0.5) is 0 Å². The van der Waals surface area contributed by atoms with Crippen LogP contribution >= 0.6 is 15.9 Å². The van der Waals surface area contributed by atoms with Crippen LogP contribution in [0.5, 0.6) is 0 Å². The Hall–Kier alpha value is -0.940. The number of carboxylic acids is 1. The molecular formula is C13H16BrNO3. The molecule has 1 N–H and O–H groups in total. The average Bonchev–Trinajstić information content (AvgIpc) is 2.38. The number of aromatic nitrogens is 1. The molecule has 1 aromatic rings. The normalized spacial score (nSPS) is 23.8. The van der Waals surface area contributed by atoms with Crippen molar-refractivity contribution in [3.8, 4) is 0 Å². The number of nitrogens with zero attached hydrogens (tertiary/aromatic N) is 1. The molecule has 0 atom stereocenters. The van der Waals surface area contributed by atoms with Crippen LogP contribution in [0.1, 0.15) is 31.4 Å². The Morgan fingerprint density at radius 1 is 1.39 bits per heavy atom. The lowest BCUT2D eigenvalue weighted by Crippen LogP contribution is -2.26. The Labute approximate surface area is 115 Å². The molecule has 2 rings (SSSR count). The summed E-state index contributed by atoms with van der Waals surface area (Å²) in [7, 11) is 0. The van der Waals surface area contributed by atoms with Gasteiger partial charge in [-0.1, -0.05) is 0 Å². The highest BCUT2D eigenvalue weighted by Gasteiger charge is 2.26. The zero-order valence-electron chi connectivity index (χ0n) is 10.0. The van der Waals surface area contributed by atoms with Crippen molar-refractivity contribution >= 4 is 21.9 Å². The van der Waals surface area contributed by atoms with E-state index >= 15 is 0 Å². The second kappa shape index (κ2) is 6.29. The molecule has 0 spiro atoms. The largest absolute Gasteiger partial charge is 0.481 e. The molecule has 18 heavy (non-hydrogen) atoms. The first kappa shape index (κ1) is 13.5. The summed E-state index contributed by atoms with van der Waals surface area (Å²) < 4.78 is 6.72. The van der Waals surface area contributed by atoms with Crippen molar-refractivity contribution in [3.63, 3.8) is 0 Å². The molecule has 1 aliphatic carbocycles. The van der Waals surface area contributed by atoms with E-state index < -0.39 is 5.97 Å². The third kappa shape index (κ3) is 3.78. The highest BCUT2D eigenvalue weighted by atomic mass is 79.9. The van der Waals surface area contributed by atoms with Gasteiger partial charge in [0.05, 0.1) is 24.3 Å². The van der Waals surface area contributed by atoms with E-state index in [0.29, 0.717) is 19.4 Å². The molecule has 1 aromatic heterocycles. The number of carboxylic acid groups (broad SMARTS) is 1. The maximum atomic E-state index is 10.8. The number of rotatable bonds is 4. The molecule has 0 aliphatic heterocycles. The number of pyridine rings is 1. The number of hydrogen-bond donors (Lipinski definition) is 1. The predicted molar refractivity (Wildman–Crippen MR) is 70.1 cm³/mol. The summed E-state index contributed by atoms with van der Waals surface area (Å²) in [6.45, 7) is 0.496. The van der Waals surface area contributed by atoms with Gasteiger partial charge in [0, 0.05) is 10.7 Å². The molecule has 98 valence electrons. The Bertz CT molecular complexity index is 399. The summed E-state index contributed by atoms with van der Waals surface area (Å²) in [4.78, 5) is 15.1. The smallest absolute Gasteiger partial charge is 0.306 e. The summed E-state index contributed by atoms with van der Waals surface area (Å²) in [5, 5.41) is 8.90. The molecule has 4 nitrogen and oxygen atoms in total. The quantitative estimate of drug-likeness (QED) is 0.928. The van der Waals surface area contributed by atoms with Crippen molar-refractivity contribution in [2.24, 2.45) is 5.92 Å². The monoisotopic (exact) mass is 313 g/mol. The molecule has 1 heterocycles. The van der Waals surface area contributed by atoms with Gasteiger partial charge in [-0.05, 0) is 53.7 Å². The van der Waals surface area contributed by atoms with Crippen molar-refractivity contribution in [2.45, 2.75) is 38.4 Å². The van der Waals surface area contributed by atoms with E-state index in [-0.39, 0.29) is 12.0 Å². The van der Waals surface area contributed by atoms with E-state index in [4.69, 9.17) is 9.84 Å². The summed E-state index contributed by atoms with van der Waals surface area (Å²) in [5.41, 5.74) is 0.901. The van der Waals surface area contributed by atoms with Gasteiger partial charge < -0.3 is 9.84 Å².